The Labute approximate surface area is 107 Å². The second-order valence-corrected chi connectivity index (χ2v) is 0.671. The Balaban J connectivity index is -0.00000000827. The van der Waals surface area contributed by atoms with E-state index in [0.29, 0.717) is 0 Å². The molecule has 0 aromatic carbocycles. The van der Waals surface area contributed by atoms with Gasteiger partial charge in [-0.05, 0) is 0 Å². The monoisotopic (exact) mass is 337 g/mol. The van der Waals surface area contributed by atoms with Crippen LogP contribution in [0.4, 0.5) is 0 Å². The van der Waals surface area contributed by atoms with Gasteiger partial charge in [0.2, 0.25) is 0 Å². The largest absolute Gasteiger partial charge is 3.00 e. The molecule has 117 valence electrons. The van der Waals surface area contributed by atoms with Crippen molar-refractivity contribution >= 4 is 0 Å². The first kappa shape index (κ1) is 74.0. The van der Waals surface area contributed by atoms with E-state index in [0.717, 1.165) is 0 Å². The molecule has 0 amide bonds. The summed E-state index contributed by atoms with van der Waals surface area (Å²) in [6.07, 6.45) is 0. The summed E-state index contributed by atoms with van der Waals surface area (Å²) in [7, 11) is 0. The van der Waals surface area contributed by atoms with Crippen molar-refractivity contribution in [1.82, 2.24) is 0 Å². The maximum Gasteiger partial charge on any atom is 3.00 e. The van der Waals surface area contributed by atoms with Crippen LogP contribution >= 0.6 is 0 Å². The van der Waals surface area contributed by atoms with Crippen LogP contribution in [0, 0.1) is 46.0 Å². The van der Waals surface area contributed by atoms with Crippen LogP contribution in [-0.2, 0) is 44.4 Å². The zero-order valence-electron chi connectivity index (χ0n) is 8.26. The van der Waals surface area contributed by atoms with Gasteiger partial charge in [0, 0.05) is 0 Å². The van der Waals surface area contributed by atoms with E-state index in [1.54, 1.807) is 0 Å². The van der Waals surface area contributed by atoms with E-state index < -0.39 is 15.3 Å². The molecule has 0 aliphatic heterocycles. The Bertz CT molecular complexity index is 115. The molecule has 18 heteroatoms. The van der Waals surface area contributed by atoms with Gasteiger partial charge in [0.05, 0.1) is 15.3 Å². The first-order valence-electron chi connectivity index (χ1n) is 1.64. The van der Waals surface area contributed by atoms with E-state index in [1.165, 1.54) is 0 Å². The predicted octanol–water partition coefficient (Wildman–Crippen LogP) is -5.33. The molecule has 18 heavy (non-hydrogen) atoms. The van der Waals surface area contributed by atoms with E-state index >= 15 is 0 Å². The maximum absolute atomic E-state index is 8.25. The summed E-state index contributed by atoms with van der Waals surface area (Å²) in [6, 6.07) is 0. The summed E-state index contributed by atoms with van der Waals surface area (Å²) in [5.41, 5.74) is 0. The predicted molar refractivity (Wildman–Crippen MR) is 55.4 cm³/mol. The molecule has 0 fully saturated rings. The van der Waals surface area contributed by atoms with Gasteiger partial charge in [0.15, 0.2) is 0 Å². The molecular formula is H15FeN3O14+5. The average molecular weight is 337 g/mol. The molecule has 0 heterocycles. The summed E-state index contributed by atoms with van der Waals surface area (Å²) < 4.78 is 0. The third kappa shape index (κ3) is 537. The molecule has 0 atom stereocenters. The van der Waals surface area contributed by atoms with Crippen LogP contribution in [0.15, 0.2) is 0 Å². The van der Waals surface area contributed by atoms with Crippen molar-refractivity contribution in [2.75, 3.05) is 0 Å². The Morgan fingerprint density at radius 2 is 0.444 bits per heavy atom. The van der Waals surface area contributed by atoms with Crippen LogP contribution < -0.4 is 0 Å². The molecule has 0 aromatic rings. The molecule has 0 rings (SSSR count). The Kier molecular flexibility index (Phi) is 248. The van der Waals surface area contributed by atoms with Gasteiger partial charge in [0.1, 0.15) is 0 Å². The topological polar surface area (TPSA) is 364 Å². The van der Waals surface area contributed by atoms with Crippen LogP contribution in [0.1, 0.15) is 0 Å². The summed E-state index contributed by atoms with van der Waals surface area (Å²) in [5.74, 6) is 0. The molecule has 0 saturated heterocycles. The van der Waals surface area contributed by atoms with E-state index in [2.05, 4.69) is 0 Å². The fourth-order valence-electron chi connectivity index (χ4n) is 0. The van der Waals surface area contributed by atoms with Crippen molar-refractivity contribution in [3.8, 4) is 0 Å². The van der Waals surface area contributed by atoms with Crippen LogP contribution in [0.3, 0.4) is 0 Å². The number of hydrogen-bond acceptors (Lipinski definition) is 9. The van der Waals surface area contributed by atoms with Gasteiger partial charge in [-0.1, -0.05) is 0 Å². The maximum atomic E-state index is 8.25. The molecule has 1 radical (unpaired) electrons. The molecule has 0 aliphatic carbocycles. The number of hydrogen-bond donors (Lipinski definition) is 0. The SMILES string of the molecule is O=[N+]([O-])[O-].O=[N+]([O-])[O-].O=[N+]([O-])[O-].[Fe+3].[OH3+].[OH3+].[OH3+].[OH3+].[OH3+]. The van der Waals surface area contributed by atoms with Gasteiger partial charge >= 0.3 is 17.1 Å². The fourth-order valence-corrected chi connectivity index (χ4v) is 0. The van der Waals surface area contributed by atoms with E-state index in [1.807, 2.05) is 0 Å². The third-order valence-electron chi connectivity index (χ3n) is 0. The molecular weight excluding hydrogens is 322 g/mol. The van der Waals surface area contributed by atoms with Gasteiger partial charge in [-0.2, -0.15) is 0 Å². The average Bonchev–Trinajstić information content (AvgIpc) is 1.54. The smallest absolute Gasteiger partial charge is 0.457 e. The summed E-state index contributed by atoms with van der Waals surface area (Å²) in [5, 5.41) is 44.2. The Morgan fingerprint density at radius 1 is 0.444 bits per heavy atom. The van der Waals surface area contributed by atoms with Crippen molar-refractivity contribution in [2.45, 2.75) is 0 Å². The fraction of sp³-hybridized carbons (Fsp3) is 0. The first-order valence-corrected chi connectivity index (χ1v) is 1.64. The zero-order valence-corrected chi connectivity index (χ0v) is 9.36. The summed E-state index contributed by atoms with van der Waals surface area (Å²) in [4.78, 5) is 24.8. The van der Waals surface area contributed by atoms with Crippen LogP contribution in [0.5, 0.6) is 0 Å². The van der Waals surface area contributed by atoms with E-state index in [9.17, 15) is 0 Å². The Hall–Kier alpha value is -2.08. The van der Waals surface area contributed by atoms with Gasteiger partial charge in [-0.25, -0.2) is 0 Å². The molecule has 0 spiro atoms. The van der Waals surface area contributed by atoms with Gasteiger partial charge < -0.3 is 73.3 Å². The van der Waals surface area contributed by atoms with Crippen molar-refractivity contribution in [2.24, 2.45) is 0 Å². The molecule has 0 aliphatic rings. The van der Waals surface area contributed by atoms with Crippen LogP contribution in [-0.4, -0.2) is 15.3 Å². The zero-order chi connectivity index (χ0) is 10.7. The van der Waals surface area contributed by atoms with Crippen molar-refractivity contribution in [3.63, 3.8) is 0 Å². The van der Waals surface area contributed by atoms with Gasteiger partial charge in [0.25, 0.3) is 0 Å². The first-order chi connectivity index (χ1) is 5.20. The second-order valence-electron chi connectivity index (χ2n) is 0.671. The van der Waals surface area contributed by atoms with Crippen LogP contribution in [0.2, 0.25) is 0 Å². The Morgan fingerprint density at radius 3 is 0.444 bits per heavy atom. The van der Waals surface area contributed by atoms with Gasteiger partial charge in [-0.3, -0.25) is 0 Å². The van der Waals surface area contributed by atoms with Crippen LogP contribution in [0.25, 0.3) is 0 Å². The van der Waals surface area contributed by atoms with Crippen molar-refractivity contribution < 1.29 is 59.7 Å². The minimum Gasteiger partial charge on any atom is -0.457 e. The van der Waals surface area contributed by atoms with Crippen molar-refractivity contribution in [3.05, 3.63) is 46.0 Å². The minimum absolute atomic E-state index is 0. The molecule has 15 N–H and O–H groups in total. The molecule has 0 aromatic heterocycles. The summed E-state index contributed by atoms with van der Waals surface area (Å²) in [6.45, 7) is 0. The molecule has 17 nitrogen and oxygen atoms in total. The third-order valence-corrected chi connectivity index (χ3v) is 0. The van der Waals surface area contributed by atoms with Gasteiger partial charge in [-0.15, -0.1) is 0 Å². The quantitative estimate of drug-likeness (QED) is 0.176. The second kappa shape index (κ2) is 60.4. The summed E-state index contributed by atoms with van der Waals surface area (Å²) >= 11 is 0. The molecule has 0 unspecified atom stereocenters. The normalized spacial score (nSPS) is 4.00. The molecule has 0 saturated carbocycles. The van der Waals surface area contributed by atoms with Crippen molar-refractivity contribution in [1.29, 1.82) is 0 Å². The number of nitrogens with zero attached hydrogens (tertiary/aromatic N) is 3. The number of rotatable bonds is 0. The van der Waals surface area contributed by atoms with E-state index in [-0.39, 0.29) is 44.4 Å². The van der Waals surface area contributed by atoms with E-state index in [4.69, 9.17) is 46.0 Å². The standard InChI is InChI=1S/Fe.3NO3.5H2O/c;3*2-1(3)4;;;;;/h;;;;5*1H2/q+3;3*-1;;;;;/p+5. The molecule has 0 bridgehead atoms. The minimum atomic E-state index is -1.75.